The van der Waals surface area contributed by atoms with Gasteiger partial charge in [-0.2, -0.15) is 0 Å². The highest BCUT2D eigenvalue weighted by Crippen LogP contribution is 2.37. The maximum Gasteiger partial charge on any atom is 0.131 e. The average Bonchev–Trinajstić information content (AvgIpc) is 3.44. The van der Waals surface area contributed by atoms with Crippen LogP contribution < -0.4 is 10.4 Å². The highest BCUT2D eigenvalue weighted by atomic mass is 15.2. The Morgan fingerprint density at radius 2 is 1.63 bits per heavy atom. The second-order valence-electron chi connectivity index (χ2n) is 12.0. The summed E-state index contributed by atoms with van der Waals surface area (Å²) in [5.74, 6) is 1.27. The molecule has 0 saturated heterocycles. The van der Waals surface area contributed by atoms with Crippen LogP contribution in [0.4, 0.5) is 0 Å². The maximum absolute atomic E-state index is 5.13. The predicted octanol–water partition coefficient (Wildman–Crippen LogP) is 10.9. The van der Waals surface area contributed by atoms with E-state index >= 15 is 0 Å². The van der Waals surface area contributed by atoms with Crippen LogP contribution in [0.1, 0.15) is 74.8 Å². The van der Waals surface area contributed by atoms with Gasteiger partial charge in [0.1, 0.15) is 5.84 Å². The Bertz CT molecular complexity index is 1930. The summed E-state index contributed by atoms with van der Waals surface area (Å²) in [6, 6.07) is 10.4. The summed E-state index contributed by atoms with van der Waals surface area (Å²) in [4.78, 5) is 7.45. The topological polar surface area (TPSA) is 15.6 Å². The molecule has 0 unspecified atom stereocenters. The van der Waals surface area contributed by atoms with Crippen molar-refractivity contribution >= 4 is 47.4 Å². The Morgan fingerprint density at radius 1 is 0.878 bits per heavy atom. The molecule has 1 atom stereocenters. The SMILES string of the molecule is C=CCN=C(C1=CC=C(c2c(C=C)c(C=C)c(C(/C=C\c3ccccc3)=C/C)c(=C/C)/c2=C\C)C[C@@H]1CC)N(CC=C)C1=CC=CC=CC1. The monoisotopic (exact) mass is 644 g/mol. The van der Waals surface area contributed by atoms with E-state index in [1.54, 1.807) is 0 Å². The summed E-state index contributed by atoms with van der Waals surface area (Å²) < 4.78 is 0. The maximum atomic E-state index is 5.13. The fourth-order valence-corrected chi connectivity index (χ4v) is 6.88. The van der Waals surface area contributed by atoms with Crippen LogP contribution >= 0.6 is 0 Å². The summed E-state index contributed by atoms with van der Waals surface area (Å²) >= 11 is 0. The van der Waals surface area contributed by atoms with Gasteiger partial charge in [0.05, 0.1) is 6.54 Å². The highest BCUT2D eigenvalue weighted by molar-refractivity contribution is 6.02. The quantitative estimate of drug-likeness (QED) is 0.0917. The number of rotatable bonds is 13. The molecular formula is C47H52N2. The lowest BCUT2D eigenvalue weighted by Crippen LogP contribution is -2.36. The summed E-state index contributed by atoms with van der Waals surface area (Å²) in [6.45, 7) is 26.6. The molecule has 250 valence electrons. The number of hydrogen-bond acceptors (Lipinski definition) is 1. The number of hydrogen-bond donors (Lipinski definition) is 0. The fourth-order valence-electron chi connectivity index (χ4n) is 6.88. The molecule has 0 aliphatic heterocycles. The van der Waals surface area contributed by atoms with Crippen molar-refractivity contribution in [2.45, 2.75) is 47.0 Å². The van der Waals surface area contributed by atoms with Crippen molar-refractivity contribution in [3.63, 3.8) is 0 Å². The molecule has 0 N–H and O–H groups in total. The molecular weight excluding hydrogens is 593 g/mol. The average molecular weight is 645 g/mol. The second kappa shape index (κ2) is 18.4. The molecule has 0 heterocycles. The molecule has 0 saturated carbocycles. The molecule has 0 bridgehead atoms. The van der Waals surface area contributed by atoms with Gasteiger partial charge in [0, 0.05) is 18.7 Å². The van der Waals surface area contributed by atoms with Gasteiger partial charge in [-0.3, -0.25) is 4.99 Å². The van der Waals surface area contributed by atoms with E-state index in [-0.39, 0.29) is 5.92 Å². The van der Waals surface area contributed by atoms with E-state index in [9.17, 15) is 0 Å². The first-order valence-corrected chi connectivity index (χ1v) is 17.5. The zero-order chi connectivity index (χ0) is 35.2. The van der Waals surface area contributed by atoms with Crippen molar-refractivity contribution in [1.82, 2.24) is 4.90 Å². The Morgan fingerprint density at radius 3 is 2.27 bits per heavy atom. The Balaban J connectivity index is 1.95. The molecule has 2 nitrogen and oxygen atoms in total. The molecule has 0 spiro atoms. The minimum atomic E-state index is 0.275. The summed E-state index contributed by atoms with van der Waals surface area (Å²) in [5.41, 5.74) is 10.7. The number of amidine groups is 1. The largest absolute Gasteiger partial charge is 0.326 e. The molecule has 2 aromatic carbocycles. The lowest BCUT2D eigenvalue weighted by Gasteiger charge is -2.33. The molecule has 0 amide bonds. The van der Waals surface area contributed by atoms with Crippen LogP contribution in [0.25, 0.3) is 41.5 Å². The van der Waals surface area contributed by atoms with Crippen LogP contribution in [0.2, 0.25) is 0 Å². The number of nitrogens with zero attached hydrogens (tertiary/aromatic N) is 2. The van der Waals surface area contributed by atoms with Gasteiger partial charge in [0.25, 0.3) is 0 Å². The first kappa shape index (κ1) is 36.6. The molecule has 2 heteroatoms. The van der Waals surface area contributed by atoms with Gasteiger partial charge in [-0.1, -0.05) is 142 Å². The first-order valence-electron chi connectivity index (χ1n) is 17.5. The third-order valence-corrected chi connectivity index (χ3v) is 9.20. The molecule has 0 fully saturated rings. The number of allylic oxidation sites excluding steroid dienone is 11. The number of aliphatic imine (C=N–C) groups is 1. The smallest absolute Gasteiger partial charge is 0.131 e. The highest BCUT2D eigenvalue weighted by Gasteiger charge is 2.28. The predicted molar refractivity (Wildman–Crippen MR) is 220 cm³/mol. The van der Waals surface area contributed by atoms with E-state index in [1.165, 1.54) is 44.0 Å². The zero-order valence-corrected chi connectivity index (χ0v) is 30.0. The summed E-state index contributed by atoms with van der Waals surface area (Å²) in [5, 5.41) is 2.43. The Labute approximate surface area is 295 Å². The van der Waals surface area contributed by atoms with Crippen molar-refractivity contribution in [2.24, 2.45) is 10.9 Å². The second-order valence-corrected chi connectivity index (χ2v) is 12.0. The van der Waals surface area contributed by atoms with E-state index in [2.05, 4.69) is 156 Å². The van der Waals surface area contributed by atoms with Crippen molar-refractivity contribution in [3.8, 4) is 0 Å². The summed E-state index contributed by atoms with van der Waals surface area (Å²) in [6.07, 6.45) is 36.9. The van der Waals surface area contributed by atoms with Gasteiger partial charge < -0.3 is 4.90 Å². The van der Waals surface area contributed by atoms with Crippen molar-refractivity contribution < 1.29 is 0 Å². The van der Waals surface area contributed by atoms with Gasteiger partial charge in [0.15, 0.2) is 0 Å². The lowest BCUT2D eigenvalue weighted by molar-refractivity contribution is 0.533. The van der Waals surface area contributed by atoms with Crippen molar-refractivity contribution in [3.05, 3.63) is 173 Å². The molecule has 2 aliphatic carbocycles. The van der Waals surface area contributed by atoms with Crippen molar-refractivity contribution in [1.29, 1.82) is 0 Å². The zero-order valence-electron chi connectivity index (χ0n) is 30.0. The van der Waals surface area contributed by atoms with Gasteiger partial charge in [0.2, 0.25) is 0 Å². The standard InChI is InChI=1S/C47H52N2/c1-9-32-48-47(49(33-10-2)39-26-22-17-18-23-27-39)44-31-30-38(34-37(44)12-4)46-42(15-7)40(13-5)45(41(14-6)43(46)16-8)36(11-3)29-28-35-24-20-19-21-25-35/h9-11,13-26,28-31,37H,1-2,5,7,12,27,32-34H2,3-4,6,8H3/b29-28-,36-11+,41-14+,43-16+,48-47?/t37-/m0/s1. The fraction of sp³-hybridized carbons (Fsp3) is 0.213. The third kappa shape index (κ3) is 8.27. The van der Waals surface area contributed by atoms with Gasteiger partial charge in [-0.15, -0.1) is 13.2 Å². The minimum absolute atomic E-state index is 0.275. The van der Waals surface area contributed by atoms with Crippen LogP contribution in [0.15, 0.2) is 140 Å². The van der Waals surface area contributed by atoms with Gasteiger partial charge in [-0.25, -0.2) is 0 Å². The van der Waals surface area contributed by atoms with E-state index in [1.807, 2.05) is 30.4 Å². The van der Waals surface area contributed by atoms with E-state index in [4.69, 9.17) is 4.99 Å². The van der Waals surface area contributed by atoms with Crippen LogP contribution in [0.3, 0.4) is 0 Å². The van der Waals surface area contributed by atoms with Crippen LogP contribution in [-0.2, 0) is 0 Å². The molecule has 2 aromatic rings. The van der Waals surface area contributed by atoms with Crippen molar-refractivity contribution in [2.75, 3.05) is 13.1 Å². The molecule has 0 radical (unpaired) electrons. The molecule has 49 heavy (non-hydrogen) atoms. The van der Waals surface area contributed by atoms with Crippen LogP contribution in [0.5, 0.6) is 0 Å². The van der Waals surface area contributed by atoms with E-state index < -0.39 is 0 Å². The Hall–Kier alpha value is -5.21. The molecule has 2 aliphatic rings. The first-order chi connectivity index (χ1) is 24.0. The molecule has 0 aromatic heterocycles. The van der Waals surface area contributed by atoms with Gasteiger partial charge >= 0.3 is 0 Å². The van der Waals surface area contributed by atoms with E-state index in [0.717, 1.165) is 41.8 Å². The Kier molecular flexibility index (Phi) is 13.7. The minimum Gasteiger partial charge on any atom is -0.326 e. The number of benzene rings is 2. The summed E-state index contributed by atoms with van der Waals surface area (Å²) in [7, 11) is 0. The van der Waals surface area contributed by atoms with Gasteiger partial charge in [-0.05, 0) is 101 Å². The van der Waals surface area contributed by atoms with E-state index in [0.29, 0.717) is 13.1 Å². The third-order valence-electron chi connectivity index (χ3n) is 9.20. The molecule has 4 rings (SSSR count). The van der Waals surface area contributed by atoms with Crippen LogP contribution in [-0.4, -0.2) is 23.8 Å². The van der Waals surface area contributed by atoms with Crippen LogP contribution in [0, 0.1) is 5.92 Å². The normalized spacial score (nSPS) is 17.4. The lowest BCUT2D eigenvalue weighted by atomic mass is 9.78.